The number of anilines is 1. The molecule has 0 aromatic carbocycles. The lowest BCUT2D eigenvalue weighted by molar-refractivity contribution is 0.313. The number of nitrogens with two attached hydrogens (primary N) is 1. The van der Waals surface area contributed by atoms with Gasteiger partial charge in [0.2, 0.25) is 0 Å². The number of nitrogen functional groups attached to an aromatic ring is 1. The van der Waals surface area contributed by atoms with Crippen molar-refractivity contribution in [2.75, 3.05) is 12.5 Å². The number of nitrogens with zero attached hydrogens (tertiary/aromatic N) is 4. The van der Waals surface area contributed by atoms with Gasteiger partial charge in [-0.2, -0.15) is 0 Å². The van der Waals surface area contributed by atoms with Crippen molar-refractivity contribution in [3.8, 4) is 0 Å². The minimum Gasteiger partial charge on any atom is -0.308 e. The van der Waals surface area contributed by atoms with Crippen molar-refractivity contribution in [1.29, 1.82) is 0 Å². The Morgan fingerprint density at radius 2 is 2.14 bits per heavy atom. The molecule has 0 unspecified atom stereocenters. The molecule has 110 valence electrons. The number of hydrogen-bond acceptors (Lipinski definition) is 8. The minimum absolute atomic E-state index is 0.667. The van der Waals surface area contributed by atoms with Crippen LogP contribution in [0.4, 0.5) is 5.82 Å². The Morgan fingerprint density at radius 3 is 2.86 bits per heavy atom. The highest BCUT2D eigenvalue weighted by molar-refractivity contribution is 7.16. The molecule has 3 heterocycles. The van der Waals surface area contributed by atoms with Crippen LogP contribution >= 0.6 is 22.7 Å². The molecule has 0 saturated heterocycles. The SMILES string of the molecule is Cc1ncsc1CN(C)Cc1nc(NN)c2ccsc2n1. The summed E-state index contributed by atoms with van der Waals surface area (Å²) in [7, 11) is 2.05. The van der Waals surface area contributed by atoms with E-state index in [0.29, 0.717) is 12.4 Å². The van der Waals surface area contributed by atoms with Gasteiger partial charge in [-0.1, -0.05) is 0 Å². The highest BCUT2D eigenvalue weighted by atomic mass is 32.1. The Labute approximate surface area is 130 Å². The van der Waals surface area contributed by atoms with Crippen molar-refractivity contribution in [1.82, 2.24) is 19.9 Å². The van der Waals surface area contributed by atoms with Crippen molar-refractivity contribution in [2.45, 2.75) is 20.0 Å². The Bertz CT molecular complexity index is 750. The topological polar surface area (TPSA) is 80.0 Å². The second-order valence-electron chi connectivity index (χ2n) is 4.81. The summed E-state index contributed by atoms with van der Waals surface area (Å²) in [4.78, 5) is 17.8. The predicted octanol–water partition coefficient (Wildman–Crippen LogP) is 2.37. The normalized spacial score (nSPS) is 11.4. The third kappa shape index (κ3) is 3.03. The van der Waals surface area contributed by atoms with E-state index in [2.05, 4.69) is 32.3 Å². The van der Waals surface area contributed by atoms with Crippen LogP contribution < -0.4 is 11.3 Å². The van der Waals surface area contributed by atoms with Crippen molar-refractivity contribution in [3.63, 3.8) is 0 Å². The summed E-state index contributed by atoms with van der Waals surface area (Å²) in [5, 5.41) is 2.96. The number of thiophene rings is 1. The predicted molar refractivity (Wildman–Crippen MR) is 87.2 cm³/mol. The van der Waals surface area contributed by atoms with Crippen molar-refractivity contribution >= 4 is 38.7 Å². The van der Waals surface area contributed by atoms with Crippen molar-refractivity contribution < 1.29 is 0 Å². The summed E-state index contributed by atoms with van der Waals surface area (Å²) in [6.07, 6.45) is 0. The molecule has 3 aromatic heterocycles. The highest BCUT2D eigenvalue weighted by Gasteiger charge is 2.11. The molecule has 6 nitrogen and oxygen atoms in total. The molecular formula is C13H16N6S2. The van der Waals surface area contributed by atoms with Crippen LogP contribution in [0.1, 0.15) is 16.4 Å². The van der Waals surface area contributed by atoms with Crippen LogP contribution in [-0.4, -0.2) is 26.9 Å². The van der Waals surface area contributed by atoms with Gasteiger partial charge in [-0.25, -0.2) is 20.8 Å². The molecule has 8 heteroatoms. The first-order chi connectivity index (χ1) is 10.2. The zero-order chi connectivity index (χ0) is 14.8. The average Bonchev–Trinajstić information content (AvgIpc) is 3.07. The highest BCUT2D eigenvalue weighted by Crippen LogP contribution is 2.25. The van der Waals surface area contributed by atoms with Gasteiger partial charge in [-0.05, 0) is 25.4 Å². The molecule has 0 amide bonds. The van der Waals surface area contributed by atoms with E-state index in [1.54, 1.807) is 22.7 Å². The largest absolute Gasteiger partial charge is 0.308 e. The van der Waals surface area contributed by atoms with Crippen LogP contribution in [0.3, 0.4) is 0 Å². The Hall–Kier alpha value is -1.61. The smallest absolute Gasteiger partial charge is 0.152 e. The Morgan fingerprint density at radius 1 is 1.29 bits per heavy atom. The molecule has 3 N–H and O–H groups in total. The molecule has 0 spiro atoms. The lowest BCUT2D eigenvalue weighted by Crippen LogP contribution is -2.20. The summed E-state index contributed by atoms with van der Waals surface area (Å²) in [6, 6.07) is 1.98. The third-order valence-corrected chi connectivity index (χ3v) is 4.90. The van der Waals surface area contributed by atoms with E-state index in [0.717, 1.165) is 28.3 Å². The van der Waals surface area contributed by atoms with Crippen LogP contribution in [-0.2, 0) is 13.1 Å². The van der Waals surface area contributed by atoms with Crippen molar-refractivity contribution in [3.05, 3.63) is 33.4 Å². The Balaban J connectivity index is 1.79. The van der Waals surface area contributed by atoms with Crippen LogP contribution in [0.25, 0.3) is 10.2 Å². The Kier molecular flexibility index (Phi) is 4.11. The van der Waals surface area contributed by atoms with Gasteiger partial charge >= 0.3 is 0 Å². The summed E-state index contributed by atoms with van der Waals surface area (Å²) >= 11 is 3.27. The minimum atomic E-state index is 0.667. The fraction of sp³-hybridized carbons (Fsp3) is 0.308. The molecule has 0 radical (unpaired) electrons. The van der Waals surface area contributed by atoms with Crippen molar-refractivity contribution in [2.24, 2.45) is 5.84 Å². The van der Waals surface area contributed by atoms with Gasteiger partial charge in [0.25, 0.3) is 0 Å². The van der Waals surface area contributed by atoms with E-state index in [-0.39, 0.29) is 0 Å². The number of nitrogens with one attached hydrogen (secondary N) is 1. The van der Waals surface area contributed by atoms with Gasteiger partial charge in [0.05, 0.1) is 23.1 Å². The van der Waals surface area contributed by atoms with Gasteiger partial charge in [0, 0.05) is 11.4 Å². The molecule has 0 aliphatic rings. The summed E-state index contributed by atoms with van der Waals surface area (Å²) in [5.74, 6) is 6.99. The van der Waals surface area contributed by atoms with Gasteiger partial charge in [0.15, 0.2) is 5.82 Å². The van der Waals surface area contributed by atoms with Gasteiger partial charge in [-0.15, -0.1) is 22.7 Å². The van der Waals surface area contributed by atoms with E-state index in [1.165, 1.54) is 4.88 Å². The number of thiazole rings is 1. The molecule has 21 heavy (non-hydrogen) atoms. The van der Waals surface area contributed by atoms with E-state index in [1.807, 2.05) is 23.9 Å². The van der Waals surface area contributed by atoms with Gasteiger partial charge < -0.3 is 5.43 Å². The lowest BCUT2D eigenvalue weighted by atomic mass is 10.3. The molecule has 0 bridgehead atoms. The molecular weight excluding hydrogens is 304 g/mol. The quantitative estimate of drug-likeness (QED) is 0.555. The van der Waals surface area contributed by atoms with Crippen LogP contribution in [0.15, 0.2) is 17.0 Å². The summed E-state index contributed by atoms with van der Waals surface area (Å²) in [6.45, 7) is 3.54. The van der Waals surface area contributed by atoms with E-state index in [4.69, 9.17) is 5.84 Å². The number of rotatable bonds is 5. The number of fused-ring (bicyclic) bond motifs is 1. The fourth-order valence-corrected chi connectivity index (χ4v) is 3.74. The van der Waals surface area contributed by atoms with E-state index in [9.17, 15) is 0 Å². The first-order valence-corrected chi connectivity index (χ1v) is 8.21. The molecule has 0 aliphatic carbocycles. The van der Waals surface area contributed by atoms with Crippen LogP contribution in [0.2, 0.25) is 0 Å². The molecule has 0 saturated carbocycles. The second-order valence-corrected chi connectivity index (χ2v) is 6.64. The third-order valence-electron chi connectivity index (χ3n) is 3.18. The van der Waals surface area contributed by atoms with Crippen LogP contribution in [0.5, 0.6) is 0 Å². The second kappa shape index (κ2) is 6.02. The average molecular weight is 320 g/mol. The monoisotopic (exact) mass is 320 g/mol. The zero-order valence-electron chi connectivity index (χ0n) is 11.8. The maximum Gasteiger partial charge on any atom is 0.152 e. The van der Waals surface area contributed by atoms with Gasteiger partial charge in [0.1, 0.15) is 10.7 Å². The first kappa shape index (κ1) is 14.3. The standard InChI is InChI=1S/C13H16N6S2/c1-8-10(21-7-15-8)5-19(2)6-11-16-12(18-14)9-3-4-20-13(9)17-11/h3-4,7H,5-6,14H2,1-2H3,(H,16,17,18). The van der Waals surface area contributed by atoms with Crippen LogP contribution in [0, 0.1) is 6.92 Å². The van der Waals surface area contributed by atoms with E-state index < -0.39 is 0 Å². The molecule has 3 rings (SSSR count). The molecule has 0 atom stereocenters. The molecule has 0 fully saturated rings. The summed E-state index contributed by atoms with van der Waals surface area (Å²) in [5.41, 5.74) is 5.62. The maximum atomic E-state index is 5.55. The fourth-order valence-electron chi connectivity index (χ4n) is 2.10. The number of hydrazine groups is 1. The lowest BCUT2D eigenvalue weighted by Gasteiger charge is -2.15. The molecule has 3 aromatic rings. The van der Waals surface area contributed by atoms with E-state index >= 15 is 0 Å². The molecule has 0 aliphatic heterocycles. The summed E-state index contributed by atoms with van der Waals surface area (Å²) < 4.78 is 0. The number of hydrogen-bond donors (Lipinski definition) is 2. The number of aryl methyl sites for hydroxylation is 1. The zero-order valence-corrected chi connectivity index (χ0v) is 13.5. The van der Waals surface area contributed by atoms with Gasteiger partial charge in [-0.3, -0.25) is 4.90 Å². The maximum absolute atomic E-state index is 5.55. The first-order valence-electron chi connectivity index (χ1n) is 6.45. The number of aromatic nitrogens is 3.